The van der Waals surface area contributed by atoms with Crippen LogP contribution in [0.4, 0.5) is 5.69 Å². The van der Waals surface area contributed by atoms with Crippen LogP contribution >= 0.6 is 0 Å². The van der Waals surface area contributed by atoms with E-state index in [2.05, 4.69) is 4.90 Å². The Labute approximate surface area is 119 Å². The number of nitrogens with zero attached hydrogens (tertiary/aromatic N) is 2. The summed E-state index contributed by atoms with van der Waals surface area (Å²) in [7, 11) is 0. The highest BCUT2D eigenvalue weighted by Crippen LogP contribution is 2.25. The number of benzene rings is 1. The van der Waals surface area contributed by atoms with Crippen LogP contribution in [0.15, 0.2) is 18.2 Å². The fourth-order valence-corrected chi connectivity index (χ4v) is 2.76. The molecule has 0 bridgehead atoms. The molecular weight excluding hydrogens is 256 g/mol. The Kier molecular flexibility index (Phi) is 4.40. The van der Waals surface area contributed by atoms with Crippen molar-refractivity contribution in [3.05, 3.63) is 39.4 Å². The molecule has 1 aliphatic rings. The molecule has 1 heterocycles. The van der Waals surface area contributed by atoms with E-state index in [4.69, 9.17) is 0 Å². The number of nitro groups is 1. The molecule has 5 nitrogen and oxygen atoms in total. The molecule has 1 aromatic carbocycles. The van der Waals surface area contributed by atoms with Crippen LogP contribution in [-0.2, 0) is 6.54 Å². The lowest BCUT2D eigenvalue weighted by atomic mass is 9.98. The standard InChI is InChI=1S/C15H22N2O3/c1-12-13(5-3-6-14(12)17(19)20)11-16-9-4-7-15(2,18)8-10-16/h3,5-6,18H,4,7-11H2,1-2H3. The molecule has 20 heavy (non-hydrogen) atoms. The van der Waals surface area contributed by atoms with Crippen molar-refractivity contribution in [1.29, 1.82) is 0 Å². The van der Waals surface area contributed by atoms with Crippen LogP contribution in [0.3, 0.4) is 0 Å². The lowest BCUT2D eigenvalue weighted by molar-refractivity contribution is -0.385. The number of rotatable bonds is 3. The number of hydrogen-bond donors (Lipinski definition) is 1. The summed E-state index contributed by atoms with van der Waals surface area (Å²) in [6.07, 6.45) is 2.53. The summed E-state index contributed by atoms with van der Waals surface area (Å²) in [5.41, 5.74) is 1.35. The van der Waals surface area contributed by atoms with Crippen molar-refractivity contribution in [3.63, 3.8) is 0 Å². The molecule has 0 spiro atoms. The Morgan fingerprint density at radius 2 is 2.15 bits per heavy atom. The van der Waals surface area contributed by atoms with Crippen molar-refractivity contribution >= 4 is 5.69 Å². The highest BCUT2D eigenvalue weighted by molar-refractivity contribution is 5.44. The van der Waals surface area contributed by atoms with Crippen LogP contribution in [0.2, 0.25) is 0 Å². The normalized spacial score (nSPS) is 24.4. The zero-order valence-electron chi connectivity index (χ0n) is 12.1. The van der Waals surface area contributed by atoms with Crippen LogP contribution in [-0.4, -0.2) is 33.6 Å². The van der Waals surface area contributed by atoms with Crippen molar-refractivity contribution in [2.45, 2.75) is 45.3 Å². The second kappa shape index (κ2) is 5.89. The molecule has 1 aliphatic heterocycles. The molecule has 2 rings (SSSR count). The third kappa shape index (κ3) is 3.55. The lowest BCUT2D eigenvalue weighted by Gasteiger charge is -2.23. The lowest BCUT2D eigenvalue weighted by Crippen LogP contribution is -2.28. The predicted octanol–water partition coefficient (Wildman–Crippen LogP) is 2.64. The Morgan fingerprint density at radius 3 is 2.85 bits per heavy atom. The maximum Gasteiger partial charge on any atom is 0.272 e. The molecule has 1 fully saturated rings. The van der Waals surface area contributed by atoms with E-state index in [1.165, 1.54) is 0 Å². The third-order valence-corrected chi connectivity index (χ3v) is 4.16. The smallest absolute Gasteiger partial charge is 0.272 e. The molecular formula is C15H22N2O3. The van der Waals surface area contributed by atoms with Gasteiger partial charge in [0.1, 0.15) is 0 Å². The van der Waals surface area contributed by atoms with E-state index in [1.807, 2.05) is 13.0 Å². The molecule has 0 radical (unpaired) electrons. The molecule has 1 N–H and O–H groups in total. The second-order valence-corrected chi connectivity index (χ2v) is 5.95. The Morgan fingerprint density at radius 1 is 1.40 bits per heavy atom. The molecule has 110 valence electrons. The number of aliphatic hydroxyl groups is 1. The van der Waals surface area contributed by atoms with Crippen molar-refractivity contribution < 1.29 is 10.0 Å². The zero-order chi connectivity index (χ0) is 14.8. The summed E-state index contributed by atoms with van der Waals surface area (Å²) in [5, 5.41) is 21.1. The topological polar surface area (TPSA) is 66.6 Å². The van der Waals surface area contributed by atoms with Gasteiger partial charge in [-0.25, -0.2) is 0 Å². The van der Waals surface area contributed by atoms with Crippen LogP contribution in [0.25, 0.3) is 0 Å². The van der Waals surface area contributed by atoms with E-state index < -0.39 is 5.60 Å². The van der Waals surface area contributed by atoms with Gasteiger partial charge in [0.05, 0.1) is 10.5 Å². The Hall–Kier alpha value is -1.46. The number of hydrogen-bond acceptors (Lipinski definition) is 4. The summed E-state index contributed by atoms with van der Waals surface area (Å²) >= 11 is 0. The zero-order valence-corrected chi connectivity index (χ0v) is 12.1. The molecule has 1 unspecified atom stereocenters. The first-order valence-corrected chi connectivity index (χ1v) is 7.07. The fraction of sp³-hybridized carbons (Fsp3) is 0.600. The average Bonchev–Trinajstić information content (AvgIpc) is 2.53. The molecule has 0 saturated carbocycles. The monoisotopic (exact) mass is 278 g/mol. The van der Waals surface area contributed by atoms with Gasteiger partial charge in [-0.2, -0.15) is 0 Å². The highest BCUT2D eigenvalue weighted by atomic mass is 16.6. The first kappa shape index (κ1) is 14.9. The molecule has 0 aromatic heterocycles. The van der Waals surface area contributed by atoms with E-state index in [0.717, 1.165) is 43.5 Å². The van der Waals surface area contributed by atoms with Gasteiger partial charge in [0, 0.05) is 24.7 Å². The largest absolute Gasteiger partial charge is 0.390 e. The quantitative estimate of drug-likeness (QED) is 0.682. The van der Waals surface area contributed by atoms with Gasteiger partial charge in [-0.3, -0.25) is 15.0 Å². The van der Waals surface area contributed by atoms with Crippen LogP contribution in [0.1, 0.15) is 37.3 Å². The van der Waals surface area contributed by atoms with Gasteiger partial charge in [-0.1, -0.05) is 12.1 Å². The van der Waals surface area contributed by atoms with Gasteiger partial charge in [0.2, 0.25) is 0 Å². The summed E-state index contributed by atoms with van der Waals surface area (Å²) in [5.74, 6) is 0. The fourth-order valence-electron chi connectivity index (χ4n) is 2.76. The van der Waals surface area contributed by atoms with Crippen molar-refractivity contribution in [3.8, 4) is 0 Å². The van der Waals surface area contributed by atoms with Gasteiger partial charge in [0.15, 0.2) is 0 Å². The van der Waals surface area contributed by atoms with E-state index in [9.17, 15) is 15.2 Å². The molecule has 0 amide bonds. The summed E-state index contributed by atoms with van der Waals surface area (Å²) in [6.45, 7) is 6.16. The van der Waals surface area contributed by atoms with Gasteiger partial charge in [-0.15, -0.1) is 0 Å². The average molecular weight is 278 g/mol. The minimum Gasteiger partial charge on any atom is -0.390 e. The van der Waals surface area contributed by atoms with Crippen molar-refractivity contribution in [2.75, 3.05) is 13.1 Å². The van der Waals surface area contributed by atoms with Gasteiger partial charge >= 0.3 is 0 Å². The summed E-state index contributed by atoms with van der Waals surface area (Å²) in [6, 6.07) is 5.24. The van der Waals surface area contributed by atoms with Crippen LogP contribution in [0.5, 0.6) is 0 Å². The van der Waals surface area contributed by atoms with E-state index in [0.29, 0.717) is 6.54 Å². The highest BCUT2D eigenvalue weighted by Gasteiger charge is 2.25. The minimum absolute atomic E-state index is 0.185. The molecule has 1 aromatic rings. The van der Waals surface area contributed by atoms with Crippen LogP contribution in [0, 0.1) is 17.0 Å². The van der Waals surface area contributed by atoms with E-state index in [-0.39, 0.29) is 10.6 Å². The maximum absolute atomic E-state index is 11.0. The minimum atomic E-state index is -0.577. The molecule has 0 aliphatic carbocycles. The molecule has 5 heteroatoms. The van der Waals surface area contributed by atoms with Gasteiger partial charge < -0.3 is 5.11 Å². The van der Waals surface area contributed by atoms with E-state index in [1.54, 1.807) is 19.1 Å². The Bertz CT molecular complexity index is 500. The van der Waals surface area contributed by atoms with E-state index >= 15 is 0 Å². The predicted molar refractivity (Wildman–Crippen MR) is 77.6 cm³/mol. The Balaban J connectivity index is 2.10. The SMILES string of the molecule is Cc1c(CN2CCCC(C)(O)CC2)cccc1[N+](=O)[O-]. The first-order valence-electron chi connectivity index (χ1n) is 7.07. The summed E-state index contributed by atoms with van der Waals surface area (Å²) in [4.78, 5) is 12.9. The molecule has 1 atom stereocenters. The second-order valence-electron chi connectivity index (χ2n) is 5.95. The molecule has 1 saturated heterocycles. The third-order valence-electron chi connectivity index (χ3n) is 4.16. The van der Waals surface area contributed by atoms with Gasteiger partial charge in [0.25, 0.3) is 5.69 Å². The van der Waals surface area contributed by atoms with Crippen molar-refractivity contribution in [1.82, 2.24) is 4.90 Å². The number of likely N-dealkylation sites (tertiary alicyclic amines) is 1. The summed E-state index contributed by atoms with van der Waals surface area (Å²) < 4.78 is 0. The maximum atomic E-state index is 11.0. The van der Waals surface area contributed by atoms with Crippen LogP contribution < -0.4 is 0 Å². The number of nitro benzene ring substituents is 1. The van der Waals surface area contributed by atoms with Gasteiger partial charge in [-0.05, 0) is 45.2 Å². The first-order chi connectivity index (χ1) is 9.39. The van der Waals surface area contributed by atoms with Crippen molar-refractivity contribution in [2.24, 2.45) is 0 Å².